The van der Waals surface area contributed by atoms with Crippen LogP contribution in [-0.2, 0) is 29.0 Å². The molecule has 47 heavy (non-hydrogen) atoms. The molecule has 5 rings (SSSR count). The molecule has 2 aromatic carbocycles. The van der Waals surface area contributed by atoms with E-state index in [-0.39, 0.29) is 5.41 Å². The predicted molar refractivity (Wildman–Crippen MR) is 190 cm³/mol. The number of rotatable bonds is 9. The number of nitrogens with zero attached hydrogens (tertiary/aromatic N) is 3. The lowest BCUT2D eigenvalue weighted by molar-refractivity contribution is -0.160. The fraction of sp³-hybridized carbons (Fsp3) is 0.550. The second-order valence-corrected chi connectivity index (χ2v) is 15.7. The fourth-order valence-electron chi connectivity index (χ4n) is 7.18. The number of aryl methyl sites for hydroxylation is 2. The van der Waals surface area contributed by atoms with E-state index in [1.165, 1.54) is 22.3 Å². The second kappa shape index (κ2) is 13.6. The number of hydrogen-bond acceptors (Lipinski definition) is 6. The number of carbonyl (C=O) groups is 1. The number of anilines is 1. The number of hydrogen-bond donors (Lipinski definition) is 1. The Labute approximate surface area is 282 Å². The quantitative estimate of drug-likeness (QED) is 0.251. The molecule has 1 fully saturated rings. The van der Waals surface area contributed by atoms with Crippen LogP contribution in [0.4, 0.5) is 5.69 Å². The lowest BCUT2D eigenvalue weighted by Gasteiger charge is -2.41. The van der Waals surface area contributed by atoms with Crippen molar-refractivity contribution >= 4 is 11.7 Å². The average Bonchev–Trinajstić information content (AvgIpc) is 2.99. The van der Waals surface area contributed by atoms with E-state index in [9.17, 15) is 9.90 Å². The van der Waals surface area contributed by atoms with Crippen LogP contribution in [0.1, 0.15) is 113 Å². The summed E-state index contributed by atoms with van der Waals surface area (Å²) in [6.45, 7) is 23.2. The van der Waals surface area contributed by atoms with Crippen molar-refractivity contribution in [2.75, 3.05) is 31.6 Å². The van der Waals surface area contributed by atoms with Crippen LogP contribution < -0.4 is 9.64 Å². The number of carboxylic acids is 1. The minimum absolute atomic E-state index is 0.250. The largest absolute Gasteiger partial charge is 0.496 e. The molecule has 2 aliphatic heterocycles. The van der Waals surface area contributed by atoms with Gasteiger partial charge in [-0.1, -0.05) is 58.0 Å². The highest BCUT2D eigenvalue weighted by molar-refractivity contribution is 5.88. The summed E-state index contributed by atoms with van der Waals surface area (Å²) >= 11 is 0. The summed E-state index contributed by atoms with van der Waals surface area (Å²) in [5.41, 5.74) is 10.2. The van der Waals surface area contributed by atoms with E-state index in [1.54, 1.807) is 7.11 Å². The first-order valence-corrected chi connectivity index (χ1v) is 17.2. The van der Waals surface area contributed by atoms with Gasteiger partial charge >= 0.3 is 5.97 Å². The van der Waals surface area contributed by atoms with E-state index in [0.29, 0.717) is 17.2 Å². The lowest BCUT2D eigenvalue weighted by Crippen LogP contribution is -2.39. The van der Waals surface area contributed by atoms with E-state index in [0.717, 1.165) is 80.2 Å². The SMILES string of the molecule is COc1ccc(C(C)C)cc1CN1CCc2cc(-c3c(C)nc(C)c(C(OC(C)(C)C)C(=O)O)c3N3CCC(C)(C)CC3)ccc2C1. The maximum atomic E-state index is 12.9. The summed E-state index contributed by atoms with van der Waals surface area (Å²) in [5, 5.41) is 10.5. The average molecular weight is 642 g/mol. The van der Waals surface area contributed by atoms with Gasteiger partial charge in [0.05, 0.1) is 18.4 Å². The number of methoxy groups -OCH3 is 1. The zero-order valence-corrected chi connectivity index (χ0v) is 30.3. The van der Waals surface area contributed by atoms with Gasteiger partial charge in [-0.05, 0) is 93.5 Å². The molecule has 3 heterocycles. The summed E-state index contributed by atoms with van der Waals surface area (Å²) in [4.78, 5) is 22.8. The molecular weight excluding hydrogens is 586 g/mol. The highest BCUT2D eigenvalue weighted by Crippen LogP contribution is 2.45. The van der Waals surface area contributed by atoms with Crippen molar-refractivity contribution in [3.8, 4) is 16.9 Å². The lowest BCUT2D eigenvalue weighted by atomic mass is 9.81. The molecule has 0 saturated carbocycles. The van der Waals surface area contributed by atoms with Crippen molar-refractivity contribution in [1.82, 2.24) is 9.88 Å². The molecule has 1 atom stereocenters. The maximum Gasteiger partial charge on any atom is 0.337 e. The Morgan fingerprint density at radius 3 is 2.32 bits per heavy atom. The van der Waals surface area contributed by atoms with Gasteiger partial charge in [-0.2, -0.15) is 0 Å². The highest BCUT2D eigenvalue weighted by atomic mass is 16.5. The standard InChI is InChI=1S/C40H55N3O4/c1-25(2)28-13-14-33(46-10)32(21-28)24-42-18-15-29-22-30(11-12-31(29)23-42)34-26(3)41-27(4)35(37(38(44)45)47-39(5,6)7)36(34)43-19-16-40(8,9)17-20-43/h11-14,21-22,25,37H,15-20,23-24H2,1-10H3,(H,44,45). The molecule has 1 saturated heterocycles. The minimum atomic E-state index is -1.12. The Kier molecular flexibility index (Phi) is 10.1. The first kappa shape index (κ1) is 34.9. The molecule has 7 heteroatoms. The molecule has 3 aromatic rings. The van der Waals surface area contributed by atoms with E-state index < -0.39 is 17.7 Å². The Morgan fingerprint density at radius 2 is 1.70 bits per heavy atom. The van der Waals surface area contributed by atoms with Crippen LogP contribution in [0.2, 0.25) is 0 Å². The van der Waals surface area contributed by atoms with E-state index >= 15 is 0 Å². The summed E-state index contributed by atoms with van der Waals surface area (Å²) in [6, 6.07) is 13.4. The van der Waals surface area contributed by atoms with Gasteiger partial charge in [0, 0.05) is 60.8 Å². The molecule has 0 bridgehead atoms. The number of carboxylic acid groups (broad SMARTS) is 1. The van der Waals surface area contributed by atoms with Gasteiger partial charge in [0.15, 0.2) is 6.10 Å². The zero-order valence-electron chi connectivity index (χ0n) is 30.3. The van der Waals surface area contributed by atoms with E-state index in [2.05, 4.69) is 80.8 Å². The number of aromatic nitrogens is 1. The summed E-state index contributed by atoms with van der Waals surface area (Å²) in [5.74, 6) is 0.421. The number of fused-ring (bicyclic) bond motifs is 1. The molecule has 1 unspecified atom stereocenters. The van der Waals surface area contributed by atoms with Gasteiger partial charge < -0.3 is 19.5 Å². The van der Waals surface area contributed by atoms with Crippen molar-refractivity contribution < 1.29 is 19.4 Å². The zero-order chi connectivity index (χ0) is 34.3. The molecular formula is C40H55N3O4. The van der Waals surface area contributed by atoms with Crippen molar-refractivity contribution in [2.45, 2.75) is 112 Å². The van der Waals surface area contributed by atoms with Gasteiger partial charge in [-0.15, -0.1) is 0 Å². The Morgan fingerprint density at radius 1 is 1.00 bits per heavy atom. The van der Waals surface area contributed by atoms with Crippen LogP contribution in [0.25, 0.3) is 11.1 Å². The molecule has 254 valence electrons. The summed E-state index contributed by atoms with van der Waals surface area (Å²) < 4.78 is 12.0. The van der Waals surface area contributed by atoms with Gasteiger partial charge in [-0.3, -0.25) is 9.88 Å². The van der Waals surface area contributed by atoms with Crippen molar-refractivity contribution in [1.29, 1.82) is 0 Å². The number of aliphatic carboxylic acids is 1. The highest BCUT2D eigenvalue weighted by Gasteiger charge is 2.36. The molecule has 1 N–H and O–H groups in total. The van der Waals surface area contributed by atoms with Crippen LogP contribution in [0.3, 0.4) is 0 Å². The van der Waals surface area contributed by atoms with Gasteiger partial charge in [-0.25, -0.2) is 4.79 Å². The van der Waals surface area contributed by atoms with Gasteiger partial charge in [0.25, 0.3) is 0 Å². The smallest absolute Gasteiger partial charge is 0.337 e. The van der Waals surface area contributed by atoms with Crippen LogP contribution in [-0.4, -0.2) is 53.3 Å². The van der Waals surface area contributed by atoms with E-state index in [4.69, 9.17) is 14.5 Å². The third-order valence-corrected chi connectivity index (χ3v) is 9.92. The predicted octanol–water partition coefficient (Wildman–Crippen LogP) is 8.62. The molecule has 7 nitrogen and oxygen atoms in total. The van der Waals surface area contributed by atoms with Crippen molar-refractivity contribution in [3.05, 3.63) is 75.6 Å². The molecule has 2 aliphatic rings. The number of piperidine rings is 1. The minimum Gasteiger partial charge on any atom is -0.496 e. The van der Waals surface area contributed by atoms with Gasteiger partial charge in [0.2, 0.25) is 0 Å². The Balaban J connectivity index is 1.54. The normalized spacial score (nSPS) is 17.5. The second-order valence-electron chi connectivity index (χ2n) is 15.7. The molecule has 0 spiro atoms. The first-order chi connectivity index (χ1) is 22.1. The number of ether oxygens (including phenoxy) is 2. The Hall–Kier alpha value is -3.42. The van der Waals surface area contributed by atoms with Crippen LogP contribution in [0.15, 0.2) is 36.4 Å². The van der Waals surface area contributed by atoms with Crippen molar-refractivity contribution in [2.24, 2.45) is 5.41 Å². The Bertz CT molecular complexity index is 1610. The third-order valence-electron chi connectivity index (χ3n) is 9.92. The topological polar surface area (TPSA) is 75.1 Å². The van der Waals surface area contributed by atoms with Crippen molar-refractivity contribution in [3.63, 3.8) is 0 Å². The maximum absolute atomic E-state index is 12.9. The summed E-state index contributed by atoms with van der Waals surface area (Å²) in [7, 11) is 1.75. The number of pyridine rings is 1. The summed E-state index contributed by atoms with van der Waals surface area (Å²) in [6.07, 6.45) is 1.90. The molecule has 1 aromatic heterocycles. The van der Waals surface area contributed by atoms with Gasteiger partial charge in [0.1, 0.15) is 5.75 Å². The monoisotopic (exact) mass is 641 g/mol. The van der Waals surface area contributed by atoms with Crippen LogP contribution in [0.5, 0.6) is 5.75 Å². The third kappa shape index (κ3) is 7.84. The molecule has 0 radical (unpaired) electrons. The number of benzene rings is 2. The molecule has 0 amide bonds. The first-order valence-electron chi connectivity index (χ1n) is 17.2. The van der Waals surface area contributed by atoms with Crippen LogP contribution >= 0.6 is 0 Å². The van der Waals surface area contributed by atoms with Crippen LogP contribution in [0, 0.1) is 19.3 Å². The fourth-order valence-corrected chi connectivity index (χ4v) is 7.18. The van der Waals surface area contributed by atoms with E-state index in [1.807, 2.05) is 27.7 Å². The molecule has 0 aliphatic carbocycles.